The summed E-state index contributed by atoms with van der Waals surface area (Å²) in [4.78, 5) is 11.8. The first-order chi connectivity index (χ1) is 6.08. The highest BCUT2D eigenvalue weighted by molar-refractivity contribution is 7.80. The summed E-state index contributed by atoms with van der Waals surface area (Å²) in [5, 5.41) is 3.03. The molecule has 1 heterocycles. The summed E-state index contributed by atoms with van der Waals surface area (Å²) in [6.07, 6.45) is -0.0426. The van der Waals surface area contributed by atoms with Gasteiger partial charge in [0.2, 0.25) is 0 Å². The van der Waals surface area contributed by atoms with Gasteiger partial charge in [-0.25, -0.2) is 0 Å². The highest BCUT2D eigenvalue weighted by Gasteiger charge is 2.67. The number of nitrogens with two attached hydrogens (primary N) is 1. The Labute approximate surface area is 81.8 Å². The van der Waals surface area contributed by atoms with Crippen molar-refractivity contribution in [1.29, 1.82) is 0 Å². The Bertz CT molecular complexity index is 275. The molecule has 2 fully saturated rings. The fourth-order valence-electron chi connectivity index (χ4n) is 1.89. The summed E-state index contributed by atoms with van der Waals surface area (Å²) in [5.74, 6) is -0.00583. The zero-order valence-electron chi connectivity index (χ0n) is 7.37. The van der Waals surface area contributed by atoms with Crippen molar-refractivity contribution >= 4 is 23.0 Å². The molecule has 3 unspecified atom stereocenters. The maximum absolute atomic E-state index is 11.5. The number of Topliss-reactive ketones (excluding diaryl/α,β-unsaturated/α-hetero) is 1. The standard InChI is InChI=1S/C8H12N2O2S/c1-8(7(9)13)5(6(8)11)4-2-10-3-12-4/h4-5,10H,2-3H2,1H3,(H2,9,13). The second kappa shape index (κ2) is 2.73. The first-order valence-corrected chi connectivity index (χ1v) is 4.66. The van der Waals surface area contributed by atoms with E-state index < -0.39 is 5.41 Å². The number of hydrogen-bond acceptors (Lipinski definition) is 4. The average Bonchev–Trinajstić information content (AvgIpc) is 2.56. The van der Waals surface area contributed by atoms with Crippen LogP contribution in [0.5, 0.6) is 0 Å². The van der Waals surface area contributed by atoms with Crippen LogP contribution in [0.15, 0.2) is 0 Å². The minimum atomic E-state index is -0.605. The number of hydrogen-bond donors (Lipinski definition) is 2. The molecule has 1 aliphatic heterocycles. The number of ketones is 1. The van der Waals surface area contributed by atoms with E-state index in [0.29, 0.717) is 13.3 Å². The molecule has 0 aromatic carbocycles. The molecular weight excluding hydrogens is 188 g/mol. The maximum atomic E-state index is 11.5. The lowest BCUT2D eigenvalue weighted by atomic mass is 10.0. The van der Waals surface area contributed by atoms with Crippen LogP contribution < -0.4 is 11.1 Å². The Hall–Kier alpha value is -0.520. The number of carbonyl (C=O) groups excluding carboxylic acids is 1. The van der Waals surface area contributed by atoms with E-state index in [9.17, 15) is 4.79 Å². The summed E-state index contributed by atoms with van der Waals surface area (Å²) in [5.41, 5.74) is 4.91. The van der Waals surface area contributed by atoms with Gasteiger partial charge in [0.1, 0.15) is 0 Å². The SMILES string of the molecule is CC1(C(N)=S)C(=O)C1C1CNCO1. The topological polar surface area (TPSA) is 64.4 Å². The number of nitrogens with one attached hydrogen (secondary N) is 1. The lowest BCUT2D eigenvalue weighted by molar-refractivity contribution is -0.113. The molecule has 72 valence electrons. The lowest BCUT2D eigenvalue weighted by Crippen LogP contribution is -2.27. The molecule has 3 N–H and O–H groups in total. The van der Waals surface area contributed by atoms with E-state index in [2.05, 4.69) is 5.32 Å². The second-order valence-electron chi connectivity index (χ2n) is 3.71. The van der Waals surface area contributed by atoms with Gasteiger partial charge in [-0.2, -0.15) is 0 Å². The van der Waals surface area contributed by atoms with Crippen LogP contribution in [0, 0.1) is 11.3 Å². The zero-order valence-corrected chi connectivity index (χ0v) is 8.19. The highest BCUT2D eigenvalue weighted by Crippen LogP contribution is 2.51. The molecule has 0 radical (unpaired) electrons. The maximum Gasteiger partial charge on any atom is 0.153 e. The van der Waals surface area contributed by atoms with Crippen LogP contribution in [0.25, 0.3) is 0 Å². The van der Waals surface area contributed by atoms with Crippen molar-refractivity contribution in [3.05, 3.63) is 0 Å². The summed E-state index contributed by atoms with van der Waals surface area (Å²) in [6.45, 7) is 3.03. The van der Waals surface area contributed by atoms with E-state index in [1.807, 2.05) is 0 Å². The van der Waals surface area contributed by atoms with Gasteiger partial charge in [-0.15, -0.1) is 0 Å². The molecule has 1 aliphatic carbocycles. The third-order valence-electron chi connectivity index (χ3n) is 2.96. The van der Waals surface area contributed by atoms with Gasteiger partial charge in [0.25, 0.3) is 0 Å². The third-order valence-corrected chi connectivity index (χ3v) is 3.39. The van der Waals surface area contributed by atoms with Crippen molar-refractivity contribution in [2.45, 2.75) is 13.0 Å². The van der Waals surface area contributed by atoms with Gasteiger partial charge in [-0.3, -0.25) is 10.1 Å². The molecule has 0 aromatic heterocycles. The van der Waals surface area contributed by atoms with Crippen LogP contribution in [0.4, 0.5) is 0 Å². The predicted molar refractivity (Wildman–Crippen MR) is 51.1 cm³/mol. The number of carbonyl (C=O) groups is 1. The van der Waals surface area contributed by atoms with Gasteiger partial charge in [0.05, 0.1) is 29.2 Å². The summed E-state index contributed by atoms with van der Waals surface area (Å²) < 4.78 is 5.35. The van der Waals surface area contributed by atoms with Crippen LogP contribution in [0.1, 0.15) is 6.92 Å². The van der Waals surface area contributed by atoms with Crippen LogP contribution >= 0.6 is 12.2 Å². The largest absolute Gasteiger partial charge is 0.392 e. The molecule has 13 heavy (non-hydrogen) atoms. The monoisotopic (exact) mass is 200 g/mol. The Morgan fingerprint density at radius 2 is 2.54 bits per heavy atom. The van der Waals surface area contributed by atoms with E-state index in [1.54, 1.807) is 6.92 Å². The van der Waals surface area contributed by atoms with Gasteiger partial charge in [0.15, 0.2) is 5.78 Å². The Balaban J connectivity index is 2.12. The first kappa shape index (κ1) is 9.05. The van der Waals surface area contributed by atoms with E-state index in [1.165, 1.54) is 0 Å². The minimum absolute atomic E-state index is 0.0426. The Morgan fingerprint density at radius 1 is 1.85 bits per heavy atom. The normalized spacial score (nSPS) is 43.6. The van der Waals surface area contributed by atoms with E-state index in [-0.39, 0.29) is 22.8 Å². The van der Waals surface area contributed by atoms with Crippen molar-refractivity contribution in [3.63, 3.8) is 0 Å². The quantitative estimate of drug-likeness (QED) is 0.584. The van der Waals surface area contributed by atoms with Crippen LogP contribution in [-0.4, -0.2) is 30.2 Å². The molecule has 0 bridgehead atoms. The fraction of sp³-hybridized carbons (Fsp3) is 0.750. The molecule has 3 atom stereocenters. The molecule has 2 aliphatic rings. The molecule has 1 saturated carbocycles. The van der Waals surface area contributed by atoms with Crippen molar-refractivity contribution in [3.8, 4) is 0 Å². The van der Waals surface area contributed by atoms with Crippen LogP contribution in [-0.2, 0) is 9.53 Å². The summed E-state index contributed by atoms with van der Waals surface area (Å²) in [7, 11) is 0. The smallest absolute Gasteiger partial charge is 0.153 e. The van der Waals surface area contributed by atoms with Gasteiger partial charge in [-0.05, 0) is 6.92 Å². The molecule has 4 nitrogen and oxygen atoms in total. The van der Waals surface area contributed by atoms with E-state index in [0.717, 1.165) is 0 Å². The number of thiocarbonyl (C=S) groups is 1. The average molecular weight is 200 g/mol. The lowest BCUT2D eigenvalue weighted by Gasteiger charge is -2.09. The van der Waals surface area contributed by atoms with E-state index in [4.69, 9.17) is 22.7 Å². The Kier molecular flexibility index (Phi) is 1.90. The fourth-order valence-corrected chi connectivity index (χ4v) is 2.12. The predicted octanol–water partition coefficient (Wildman–Crippen LogP) is -0.576. The summed E-state index contributed by atoms with van der Waals surface area (Å²) >= 11 is 4.87. The third kappa shape index (κ3) is 1.11. The molecule has 1 saturated heterocycles. The van der Waals surface area contributed by atoms with Crippen molar-refractivity contribution in [1.82, 2.24) is 5.32 Å². The molecule has 0 aromatic rings. The molecule has 5 heteroatoms. The zero-order chi connectivity index (χ0) is 9.64. The van der Waals surface area contributed by atoms with Crippen molar-refractivity contribution in [2.75, 3.05) is 13.3 Å². The molecular formula is C8H12N2O2S. The molecule has 0 amide bonds. The van der Waals surface area contributed by atoms with Crippen LogP contribution in [0.3, 0.4) is 0 Å². The second-order valence-corrected chi connectivity index (χ2v) is 4.15. The van der Waals surface area contributed by atoms with Gasteiger partial charge >= 0.3 is 0 Å². The van der Waals surface area contributed by atoms with Crippen molar-refractivity contribution in [2.24, 2.45) is 17.1 Å². The van der Waals surface area contributed by atoms with Gasteiger partial charge in [-0.1, -0.05) is 12.2 Å². The molecule has 0 spiro atoms. The minimum Gasteiger partial charge on any atom is -0.392 e. The summed E-state index contributed by atoms with van der Waals surface area (Å²) in [6, 6.07) is 0. The van der Waals surface area contributed by atoms with Gasteiger partial charge < -0.3 is 10.5 Å². The number of rotatable bonds is 2. The van der Waals surface area contributed by atoms with E-state index >= 15 is 0 Å². The first-order valence-electron chi connectivity index (χ1n) is 4.25. The van der Waals surface area contributed by atoms with Crippen LogP contribution in [0.2, 0.25) is 0 Å². The molecule has 2 rings (SSSR count). The number of ether oxygens (including phenoxy) is 1. The Morgan fingerprint density at radius 3 is 2.92 bits per heavy atom. The van der Waals surface area contributed by atoms with Crippen molar-refractivity contribution < 1.29 is 9.53 Å². The van der Waals surface area contributed by atoms with Gasteiger partial charge in [0, 0.05) is 6.54 Å². The highest BCUT2D eigenvalue weighted by atomic mass is 32.1.